The third-order valence-electron chi connectivity index (χ3n) is 3.65. The molecule has 3 rings (SSSR count). The molecule has 2 aromatic heterocycles. The number of thiazole rings is 1. The summed E-state index contributed by atoms with van der Waals surface area (Å²) in [7, 11) is 0. The Morgan fingerprint density at radius 3 is 2.95 bits per heavy atom. The van der Waals surface area contributed by atoms with Crippen LogP contribution in [0.25, 0.3) is 0 Å². The Kier molecular flexibility index (Phi) is 3.52. The molecule has 2 atom stereocenters. The molecule has 112 valence electrons. The fourth-order valence-corrected chi connectivity index (χ4v) is 3.17. The fraction of sp³-hybridized carbons (Fsp3) is 0.571. The highest BCUT2D eigenvalue weighted by molar-refractivity contribution is 7.09. The van der Waals surface area contributed by atoms with Gasteiger partial charge in [0.05, 0.1) is 12.2 Å². The van der Waals surface area contributed by atoms with Gasteiger partial charge in [0.15, 0.2) is 0 Å². The molecule has 0 bridgehead atoms. The molecular formula is C14H19N5OS. The Morgan fingerprint density at radius 1 is 1.52 bits per heavy atom. The van der Waals surface area contributed by atoms with Crippen molar-refractivity contribution in [1.82, 2.24) is 25.5 Å². The molecule has 2 heterocycles. The number of nitrogens with zero attached hydrogens (tertiary/aromatic N) is 3. The minimum absolute atomic E-state index is 0.0139. The van der Waals surface area contributed by atoms with Gasteiger partial charge in [-0.2, -0.15) is 5.10 Å². The molecule has 7 heteroatoms. The van der Waals surface area contributed by atoms with Gasteiger partial charge in [-0.15, -0.1) is 11.3 Å². The van der Waals surface area contributed by atoms with Gasteiger partial charge in [-0.3, -0.25) is 9.89 Å². The number of hydrogen-bond donors (Lipinski definition) is 2. The second-order valence-electron chi connectivity index (χ2n) is 6.41. The minimum atomic E-state index is 0.0139. The molecule has 21 heavy (non-hydrogen) atoms. The first-order valence-corrected chi connectivity index (χ1v) is 7.91. The highest BCUT2D eigenvalue weighted by Gasteiger charge is 2.45. The summed E-state index contributed by atoms with van der Waals surface area (Å²) in [6.07, 6.45) is 2.32. The molecule has 2 aromatic rings. The highest BCUT2D eigenvalue weighted by atomic mass is 32.1. The van der Waals surface area contributed by atoms with E-state index in [0.29, 0.717) is 6.54 Å². The molecular weight excluding hydrogens is 286 g/mol. The Hall–Kier alpha value is -1.76. The average Bonchev–Trinajstić information content (AvgIpc) is 2.88. The van der Waals surface area contributed by atoms with Crippen molar-refractivity contribution in [3.05, 3.63) is 28.2 Å². The Bertz CT molecular complexity index is 628. The summed E-state index contributed by atoms with van der Waals surface area (Å²) < 4.78 is 0. The first kappa shape index (κ1) is 14.2. The number of carbonyl (C=O) groups excluding carboxylic acids is 1. The maximum atomic E-state index is 12.1. The minimum Gasteiger partial charge on any atom is -0.349 e. The van der Waals surface area contributed by atoms with E-state index >= 15 is 0 Å². The lowest BCUT2D eigenvalue weighted by atomic mass is 9.93. The lowest BCUT2D eigenvalue weighted by Crippen LogP contribution is -2.25. The van der Waals surface area contributed by atoms with Gasteiger partial charge >= 0.3 is 0 Å². The molecule has 0 saturated heterocycles. The normalized spacial score (nSPS) is 21.3. The van der Waals surface area contributed by atoms with Gasteiger partial charge in [-0.05, 0) is 6.42 Å². The lowest BCUT2D eigenvalue weighted by molar-refractivity contribution is -0.122. The van der Waals surface area contributed by atoms with Crippen LogP contribution in [0.5, 0.6) is 0 Å². The van der Waals surface area contributed by atoms with E-state index in [0.717, 1.165) is 22.9 Å². The molecule has 1 saturated carbocycles. The Morgan fingerprint density at radius 2 is 2.33 bits per heavy atom. The third kappa shape index (κ3) is 3.12. The summed E-state index contributed by atoms with van der Waals surface area (Å²) in [5, 5.41) is 12.6. The van der Waals surface area contributed by atoms with Crippen molar-refractivity contribution in [3.8, 4) is 0 Å². The van der Waals surface area contributed by atoms with Crippen LogP contribution in [0.15, 0.2) is 11.7 Å². The molecule has 1 aliphatic carbocycles. The number of aromatic amines is 1. The molecule has 0 spiro atoms. The Labute approximate surface area is 127 Å². The molecule has 1 aliphatic rings. The maximum Gasteiger partial charge on any atom is 0.224 e. The zero-order valence-electron chi connectivity index (χ0n) is 12.4. The van der Waals surface area contributed by atoms with Gasteiger partial charge in [0.25, 0.3) is 0 Å². The second kappa shape index (κ2) is 5.22. The zero-order valence-corrected chi connectivity index (χ0v) is 13.2. The number of nitrogens with one attached hydrogen (secondary N) is 2. The summed E-state index contributed by atoms with van der Waals surface area (Å²) in [5.41, 5.74) is 1.12. The third-order valence-corrected chi connectivity index (χ3v) is 4.49. The molecule has 1 amide bonds. The second-order valence-corrected chi connectivity index (χ2v) is 7.36. The van der Waals surface area contributed by atoms with Crippen molar-refractivity contribution in [2.75, 3.05) is 0 Å². The van der Waals surface area contributed by atoms with Crippen molar-refractivity contribution < 1.29 is 4.79 Å². The molecule has 0 unspecified atom stereocenters. The van der Waals surface area contributed by atoms with E-state index in [1.165, 1.54) is 6.33 Å². The molecule has 6 nitrogen and oxygen atoms in total. The first-order valence-electron chi connectivity index (χ1n) is 7.03. The van der Waals surface area contributed by atoms with E-state index < -0.39 is 0 Å². The number of H-pyrrole nitrogens is 1. The van der Waals surface area contributed by atoms with Crippen LogP contribution in [0, 0.1) is 5.92 Å². The van der Waals surface area contributed by atoms with E-state index in [2.05, 4.69) is 51.6 Å². The summed E-state index contributed by atoms with van der Waals surface area (Å²) in [4.78, 5) is 20.8. The molecule has 0 aliphatic heterocycles. The van der Waals surface area contributed by atoms with Crippen molar-refractivity contribution >= 4 is 17.2 Å². The topological polar surface area (TPSA) is 83.6 Å². The highest BCUT2D eigenvalue weighted by Crippen LogP contribution is 2.45. The van der Waals surface area contributed by atoms with Crippen LogP contribution in [0.2, 0.25) is 0 Å². The van der Waals surface area contributed by atoms with Gasteiger partial charge in [-0.25, -0.2) is 9.97 Å². The van der Waals surface area contributed by atoms with Crippen molar-refractivity contribution in [1.29, 1.82) is 0 Å². The maximum absolute atomic E-state index is 12.1. The van der Waals surface area contributed by atoms with Crippen LogP contribution in [0.3, 0.4) is 0 Å². The van der Waals surface area contributed by atoms with Crippen molar-refractivity contribution in [3.63, 3.8) is 0 Å². The Balaban J connectivity index is 1.52. The van der Waals surface area contributed by atoms with Gasteiger partial charge < -0.3 is 5.32 Å². The fourth-order valence-electron chi connectivity index (χ4n) is 2.21. The van der Waals surface area contributed by atoms with Crippen LogP contribution < -0.4 is 5.32 Å². The smallest absolute Gasteiger partial charge is 0.224 e. The summed E-state index contributed by atoms with van der Waals surface area (Å²) in [6, 6.07) is 0. The van der Waals surface area contributed by atoms with Gasteiger partial charge in [-0.1, -0.05) is 20.8 Å². The summed E-state index contributed by atoms with van der Waals surface area (Å²) >= 11 is 1.59. The standard InChI is InChI=1S/C14H19N5OS/c1-14(2,3)10-6-21-11(18-10)5-15-13(20)9-4-8(9)12-16-7-17-19-12/h6-9H,4-5H2,1-3H3,(H,15,20)(H,16,17,19)/t8-,9-/m1/s1. The number of carbonyl (C=O) groups is 1. The van der Waals surface area contributed by atoms with Crippen LogP contribution in [-0.2, 0) is 16.8 Å². The number of amides is 1. The predicted molar refractivity (Wildman–Crippen MR) is 79.9 cm³/mol. The number of rotatable bonds is 4. The van der Waals surface area contributed by atoms with Crippen LogP contribution in [0.4, 0.5) is 0 Å². The van der Waals surface area contributed by atoms with Gasteiger partial charge in [0.2, 0.25) is 5.91 Å². The van der Waals surface area contributed by atoms with Gasteiger partial charge in [0.1, 0.15) is 17.2 Å². The van der Waals surface area contributed by atoms with E-state index in [4.69, 9.17) is 0 Å². The SMILES string of the molecule is CC(C)(C)c1csc(CNC(=O)[C@@H]2C[C@H]2c2ncn[nH]2)n1. The number of aromatic nitrogens is 4. The zero-order chi connectivity index (χ0) is 15.0. The summed E-state index contributed by atoms with van der Waals surface area (Å²) in [5.74, 6) is 1.08. The van der Waals surface area contributed by atoms with Crippen molar-refractivity contribution in [2.24, 2.45) is 5.92 Å². The molecule has 2 N–H and O–H groups in total. The average molecular weight is 305 g/mol. The lowest BCUT2D eigenvalue weighted by Gasteiger charge is -2.14. The van der Waals surface area contributed by atoms with Gasteiger partial charge in [0, 0.05) is 22.6 Å². The van der Waals surface area contributed by atoms with E-state index in [1.807, 2.05) is 0 Å². The number of hydrogen-bond acceptors (Lipinski definition) is 5. The monoisotopic (exact) mass is 305 g/mol. The summed E-state index contributed by atoms with van der Waals surface area (Å²) in [6.45, 7) is 6.91. The molecule has 0 radical (unpaired) electrons. The van der Waals surface area contributed by atoms with E-state index in [-0.39, 0.29) is 23.2 Å². The van der Waals surface area contributed by atoms with E-state index in [9.17, 15) is 4.79 Å². The first-order chi connectivity index (χ1) is 9.95. The van der Waals surface area contributed by atoms with Crippen LogP contribution in [0.1, 0.15) is 49.6 Å². The largest absolute Gasteiger partial charge is 0.349 e. The van der Waals surface area contributed by atoms with E-state index in [1.54, 1.807) is 11.3 Å². The quantitative estimate of drug-likeness (QED) is 0.904. The van der Waals surface area contributed by atoms with Crippen LogP contribution >= 0.6 is 11.3 Å². The van der Waals surface area contributed by atoms with Crippen LogP contribution in [-0.4, -0.2) is 26.1 Å². The van der Waals surface area contributed by atoms with Crippen molar-refractivity contribution in [2.45, 2.75) is 45.1 Å². The predicted octanol–water partition coefficient (Wildman–Crippen LogP) is 1.98. The molecule has 1 fully saturated rings. The molecule has 0 aromatic carbocycles.